The van der Waals surface area contributed by atoms with Gasteiger partial charge in [-0.05, 0) is 66.9 Å². The second-order valence-electron chi connectivity index (χ2n) is 8.40. The molecule has 0 bridgehead atoms. The van der Waals surface area contributed by atoms with E-state index in [0.717, 1.165) is 33.6 Å². The summed E-state index contributed by atoms with van der Waals surface area (Å²) in [5, 5.41) is 2.75. The van der Waals surface area contributed by atoms with Crippen LogP contribution in [0, 0.1) is 12.7 Å². The van der Waals surface area contributed by atoms with Crippen molar-refractivity contribution in [2.45, 2.75) is 20.5 Å². The van der Waals surface area contributed by atoms with Gasteiger partial charge in [0.1, 0.15) is 18.1 Å². The molecule has 36 heavy (non-hydrogen) atoms. The maximum Gasteiger partial charge on any atom is 0.269 e. The lowest BCUT2D eigenvalue weighted by Crippen LogP contribution is -2.23. The predicted octanol–water partition coefficient (Wildman–Crippen LogP) is 5.84. The van der Waals surface area contributed by atoms with Gasteiger partial charge in [0.2, 0.25) is 0 Å². The van der Waals surface area contributed by atoms with E-state index in [1.54, 1.807) is 18.3 Å². The summed E-state index contributed by atoms with van der Waals surface area (Å²) in [6.07, 6.45) is 3.62. The number of ether oxygens (including phenoxy) is 1. The first kappa shape index (κ1) is 23.2. The predicted molar refractivity (Wildman–Crippen MR) is 137 cm³/mol. The smallest absolute Gasteiger partial charge is 0.269 e. The fraction of sp³-hybridized carbons (Fsp3) is 0.138. The number of aryl methyl sites for hydroxylation is 1. The number of amides is 1. The standard InChI is InChI=1S/C29H25FN4O2/c1-3-31-29(35)25-14-13-23(17-32-25)27-19(2)33-28-26(8-5-15-34(27)28)36-18-20-9-11-21(12-10-20)22-6-4-7-24(30)16-22/h4-17H,3,18H2,1-2H3,(H,31,35). The number of nitrogens with zero attached hydrogens (tertiary/aromatic N) is 3. The highest BCUT2D eigenvalue weighted by Crippen LogP contribution is 2.29. The Balaban J connectivity index is 1.36. The van der Waals surface area contributed by atoms with Gasteiger partial charge in [-0.15, -0.1) is 0 Å². The Labute approximate surface area is 208 Å². The van der Waals surface area contributed by atoms with Crippen molar-refractivity contribution in [1.29, 1.82) is 0 Å². The van der Waals surface area contributed by atoms with Crippen LogP contribution in [0.3, 0.4) is 0 Å². The Morgan fingerprint density at radius 2 is 1.81 bits per heavy atom. The van der Waals surface area contributed by atoms with Gasteiger partial charge in [0.05, 0.1) is 11.4 Å². The zero-order chi connectivity index (χ0) is 25.1. The summed E-state index contributed by atoms with van der Waals surface area (Å²) < 4.78 is 21.6. The van der Waals surface area contributed by atoms with E-state index in [4.69, 9.17) is 9.72 Å². The Morgan fingerprint density at radius 3 is 2.53 bits per heavy atom. The molecule has 0 saturated heterocycles. The molecular weight excluding hydrogens is 455 g/mol. The van der Waals surface area contributed by atoms with E-state index >= 15 is 0 Å². The molecule has 2 aromatic carbocycles. The molecule has 5 aromatic rings. The average Bonchev–Trinajstić information content (AvgIpc) is 3.24. The first-order valence-corrected chi connectivity index (χ1v) is 11.7. The van der Waals surface area contributed by atoms with Crippen molar-refractivity contribution in [1.82, 2.24) is 19.7 Å². The fourth-order valence-corrected chi connectivity index (χ4v) is 4.16. The quantitative estimate of drug-likeness (QED) is 0.318. The number of carbonyl (C=O) groups excluding carboxylic acids is 1. The third-order valence-electron chi connectivity index (χ3n) is 5.90. The topological polar surface area (TPSA) is 68.5 Å². The minimum Gasteiger partial charge on any atom is -0.485 e. The van der Waals surface area contributed by atoms with Crippen molar-refractivity contribution in [3.8, 4) is 28.1 Å². The molecule has 3 aromatic heterocycles. The Kier molecular flexibility index (Phi) is 6.45. The molecule has 1 N–H and O–H groups in total. The van der Waals surface area contributed by atoms with Crippen LogP contribution in [0.2, 0.25) is 0 Å². The SMILES string of the molecule is CCNC(=O)c1ccc(-c2c(C)nc3c(OCc4ccc(-c5cccc(F)c5)cc4)cccn23)cn1. The zero-order valence-corrected chi connectivity index (χ0v) is 20.0. The van der Waals surface area contributed by atoms with Crippen LogP contribution in [0.15, 0.2) is 85.2 Å². The van der Waals surface area contributed by atoms with E-state index in [1.807, 2.05) is 73.0 Å². The van der Waals surface area contributed by atoms with Gasteiger partial charge in [-0.1, -0.05) is 36.4 Å². The normalized spacial score (nSPS) is 11.0. The van der Waals surface area contributed by atoms with E-state index in [2.05, 4.69) is 10.3 Å². The van der Waals surface area contributed by atoms with Crippen LogP contribution in [0.4, 0.5) is 4.39 Å². The van der Waals surface area contributed by atoms with E-state index < -0.39 is 0 Å². The number of fused-ring (bicyclic) bond motifs is 1. The molecule has 0 aliphatic carbocycles. The number of halogens is 1. The highest BCUT2D eigenvalue weighted by Gasteiger charge is 2.16. The maximum atomic E-state index is 13.5. The van der Waals surface area contributed by atoms with E-state index in [-0.39, 0.29) is 11.7 Å². The minimum atomic E-state index is -0.254. The van der Waals surface area contributed by atoms with Crippen molar-refractivity contribution in [2.75, 3.05) is 6.54 Å². The lowest BCUT2D eigenvalue weighted by Gasteiger charge is -2.10. The third kappa shape index (κ3) is 4.68. The van der Waals surface area contributed by atoms with E-state index in [1.165, 1.54) is 12.1 Å². The second-order valence-corrected chi connectivity index (χ2v) is 8.40. The number of nitrogens with one attached hydrogen (secondary N) is 1. The molecule has 0 radical (unpaired) electrons. The molecule has 0 unspecified atom stereocenters. The van der Waals surface area contributed by atoms with Gasteiger partial charge >= 0.3 is 0 Å². The molecule has 0 fully saturated rings. The summed E-state index contributed by atoms with van der Waals surface area (Å²) in [7, 11) is 0. The van der Waals surface area contributed by atoms with Crippen molar-refractivity contribution in [2.24, 2.45) is 0 Å². The van der Waals surface area contributed by atoms with Gasteiger partial charge in [0.25, 0.3) is 5.91 Å². The van der Waals surface area contributed by atoms with Gasteiger partial charge in [-0.3, -0.25) is 14.2 Å². The lowest BCUT2D eigenvalue weighted by atomic mass is 10.0. The van der Waals surface area contributed by atoms with Crippen LogP contribution >= 0.6 is 0 Å². The van der Waals surface area contributed by atoms with Crippen LogP contribution < -0.4 is 10.1 Å². The number of benzene rings is 2. The average molecular weight is 481 g/mol. The molecule has 0 aliphatic heterocycles. The molecule has 0 aliphatic rings. The number of pyridine rings is 2. The highest BCUT2D eigenvalue weighted by molar-refractivity contribution is 5.92. The Hall–Kier alpha value is -4.52. The molecule has 0 atom stereocenters. The second kappa shape index (κ2) is 10.00. The molecule has 180 valence electrons. The first-order chi connectivity index (χ1) is 17.5. The molecule has 6 nitrogen and oxygen atoms in total. The summed E-state index contributed by atoms with van der Waals surface area (Å²) in [5.41, 5.74) is 6.43. The fourth-order valence-electron chi connectivity index (χ4n) is 4.16. The van der Waals surface area contributed by atoms with Gasteiger partial charge in [-0.25, -0.2) is 9.37 Å². The molecule has 0 spiro atoms. The minimum absolute atomic E-state index is 0.196. The Bertz CT molecular complexity index is 1530. The molecule has 1 amide bonds. The number of carbonyl (C=O) groups is 1. The van der Waals surface area contributed by atoms with Crippen LogP contribution in [0.5, 0.6) is 5.75 Å². The summed E-state index contributed by atoms with van der Waals surface area (Å²) in [4.78, 5) is 21.1. The first-order valence-electron chi connectivity index (χ1n) is 11.7. The van der Waals surface area contributed by atoms with Crippen molar-refractivity contribution >= 4 is 11.6 Å². The number of imidazole rings is 1. The highest BCUT2D eigenvalue weighted by atomic mass is 19.1. The van der Waals surface area contributed by atoms with E-state index in [0.29, 0.717) is 30.2 Å². The molecule has 7 heteroatoms. The third-order valence-corrected chi connectivity index (χ3v) is 5.90. The number of aromatic nitrogens is 3. The van der Waals surface area contributed by atoms with Crippen molar-refractivity contribution < 1.29 is 13.9 Å². The number of rotatable bonds is 7. The summed E-state index contributed by atoms with van der Waals surface area (Å²) in [6, 6.07) is 21.8. The van der Waals surface area contributed by atoms with Gasteiger partial charge in [0, 0.05) is 24.5 Å². The maximum absolute atomic E-state index is 13.5. The molecule has 5 rings (SSSR count). The van der Waals surface area contributed by atoms with E-state index in [9.17, 15) is 9.18 Å². The molecular formula is C29H25FN4O2. The van der Waals surface area contributed by atoms with Crippen molar-refractivity contribution in [3.63, 3.8) is 0 Å². The molecule has 3 heterocycles. The van der Waals surface area contributed by atoms with Crippen LogP contribution in [-0.2, 0) is 6.61 Å². The zero-order valence-electron chi connectivity index (χ0n) is 20.0. The molecule has 0 saturated carbocycles. The monoisotopic (exact) mass is 480 g/mol. The van der Waals surface area contributed by atoms with Crippen LogP contribution in [-0.4, -0.2) is 26.8 Å². The number of hydrogen-bond acceptors (Lipinski definition) is 4. The van der Waals surface area contributed by atoms with Crippen LogP contribution in [0.1, 0.15) is 28.7 Å². The Morgan fingerprint density at radius 1 is 1.00 bits per heavy atom. The summed E-state index contributed by atoms with van der Waals surface area (Å²) in [6.45, 7) is 4.73. The largest absolute Gasteiger partial charge is 0.485 e. The lowest BCUT2D eigenvalue weighted by molar-refractivity contribution is 0.0951. The van der Waals surface area contributed by atoms with Crippen molar-refractivity contribution in [3.05, 3.63) is 108 Å². The van der Waals surface area contributed by atoms with Gasteiger partial charge < -0.3 is 10.1 Å². The van der Waals surface area contributed by atoms with Crippen LogP contribution in [0.25, 0.3) is 28.0 Å². The summed E-state index contributed by atoms with van der Waals surface area (Å²) >= 11 is 0. The summed E-state index contributed by atoms with van der Waals surface area (Å²) in [5.74, 6) is 0.211. The number of hydrogen-bond donors (Lipinski definition) is 1. The van der Waals surface area contributed by atoms with Gasteiger partial charge in [0.15, 0.2) is 11.4 Å². The van der Waals surface area contributed by atoms with Gasteiger partial charge in [-0.2, -0.15) is 0 Å².